The van der Waals surface area contributed by atoms with Gasteiger partial charge in [-0.2, -0.15) is 0 Å². The van der Waals surface area contributed by atoms with Crippen molar-refractivity contribution in [3.8, 4) is 0 Å². The first kappa shape index (κ1) is 6.66. The summed E-state index contributed by atoms with van der Waals surface area (Å²) >= 11 is 0. The first-order chi connectivity index (χ1) is 4.43. The van der Waals surface area contributed by atoms with Gasteiger partial charge in [0.05, 0.1) is 6.26 Å². The fraction of sp³-hybridized carbons (Fsp3) is 0.625. The van der Waals surface area contributed by atoms with E-state index < -0.39 is 0 Å². The Bertz CT molecular complexity index is 82.6. The van der Waals surface area contributed by atoms with Crippen LogP contribution < -0.4 is 0 Å². The van der Waals surface area contributed by atoms with E-state index in [0.29, 0.717) is 0 Å². The van der Waals surface area contributed by atoms with Gasteiger partial charge >= 0.3 is 0 Å². The van der Waals surface area contributed by atoms with Gasteiger partial charge in [-0.15, -0.1) is 0 Å². The van der Waals surface area contributed by atoms with E-state index in [1.54, 1.807) is 0 Å². The van der Waals surface area contributed by atoms with Crippen LogP contribution >= 0.6 is 0 Å². The van der Waals surface area contributed by atoms with Crippen molar-refractivity contribution >= 4 is 0 Å². The molecular formula is C8H13O. The Kier molecular flexibility index (Phi) is 2.62. The van der Waals surface area contributed by atoms with E-state index in [9.17, 15) is 0 Å². The molecule has 0 saturated heterocycles. The Morgan fingerprint density at radius 1 is 1.22 bits per heavy atom. The number of rotatable bonds is 2. The normalized spacial score (nSPS) is 21.3. The summed E-state index contributed by atoms with van der Waals surface area (Å²) in [5.74, 6) is 0. The van der Waals surface area contributed by atoms with Gasteiger partial charge in [0.1, 0.15) is 6.10 Å². The first-order valence-corrected chi connectivity index (χ1v) is 3.56. The molecule has 51 valence electrons. The van der Waals surface area contributed by atoms with Gasteiger partial charge in [-0.25, -0.2) is 0 Å². The minimum Gasteiger partial charge on any atom is -0.491 e. The van der Waals surface area contributed by atoms with Crippen LogP contribution in [0.5, 0.6) is 0 Å². The minimum absolute atomic E-state index is 1.14. The molecule has 1 radical (unpaired) electrons. The highest BCUT2D eigenvalue weighted by molar-refractivity contribution is 4.84. The van der Waals surface area contributed by atoms with E-state index in [1.807, 2.05) is 0 Å². The Morgan fingerprint density at radius 3 is 2.44 bits per heavy atom. The van der Waals surface area contributed by atoms with E-state index in [4.69, 9.17) is 4.74 Å². The maximum Gasteiger partial charge on any atom is 0.147 e. The van der Waals surface area contributed by atoms with Crippen LogP contribution in [0.1, 0.15) is 32.1 Å². The van der Waals surface area contributed by atoms with Crippen molar-refractivity contribution in [2.75, 3.05) is 0 Å². The van der Waals surface area contributed by atoms with Gasteiger partial charge in [0.15, 0.2) is 0 Å². The lowest BCUT2D eigenvalue weighted by Gasteiger charge is -2.18. The Labute approximate surface area is 56.7 Å². The third-order valence-corrected chi connectivity index (χ3v) is 1.66. The quantitative estimate of drug-likeness (QED) is 0.515. The molecule has 0 N–H and O–H groups in total. The average molecular weight is 125 g/mol. The molecule has 0 bridgehead atoms. The maximum absolute atomic E-state index is 5.16. The van der Waals surface area contributed by atoms with Crippen molar-refractivity contribution in [3.05, 3.63) is 18.9 Å². The van der Waals surface area contributed by atoms with Crippen LogP contribution in [0, 0.1) is 6.10 Å². The average Bonchev–Trinajstić information content (AvgIpc) is 1.91. The van der Waals surface area contributed by atoms with E-state index in [0.717, 1.165) is 12.8 Å². The van der Waals surface area contributed by atoms with Crippen molar-refractivity contribution < 1.29 is 4.74 Å². The predicted molar refractivity (Wildman–Crippen MR) is 37.6 cm³/mol. The van der Waals surface area contributed by atoms with Crippen LogP contribution in [0.15, 0.2) is 12.8 Å². The molecule has 0 amide bonds. The Hall–Kier alpha value is -0.460. The topological polar surface area (TPSA) is 9.23 Å². The summed E-state index contributed by atoms with van der Waals surface area (Å²) in [7, 11) is 0. The molecule has 1 aliphatic carbocycles. The third kappa shape index (κ3) is 2.08. The molecule has 9 heavy (non-hydrogen) atoms. The maximum atomic E-state index is 5.16. The second kappa shape index (κ2) is 3.54. The molecule has 1 nitrogen and oxygen atoms in total. The highest BCUT2D eigenvalue weighted by atomic mass is 16.5. The lowest BCUT2D eigenvalue weighted by molar-refractivity contribution is 0.208. The number of hydrogen-bond donors (Lipinski definition) is 0. The molecule has 0 aromatic carbocycles. The largest absolute Gasteiger partial charge is 0.491 e. The lowest BCUT2D eigenvalue weighted by atomic mass is 9.98. The van der Waals surface area contributed by atoms with Gasteiger partial charge in [-0.3, -0.25) is 0 Å². The Balaban J connectivity index is 2.15. The van der Waals surface area contributed by atoms with Crippen LogP contribution in [-0.4, -0.2) is 0 Å². The molecular weight excluding hydrogens is 112 g/mol. The van der Waals surface area contributed by atoms with Crippen molar-refractivity contribution in [1.82, 2.24) is 0 Å². The van der Waals surface area contributed by atoms with E-state index in [-0.39, 0.29) is 0 Å². The van der Waals surface area contributed by atoms with Crippen molar-refractivity contribution in [3.63, 3.8) is 0 Å². The summed E-state index contributed by atoms with van der Waals surface area (Å²) in [5, 5.41) is 0. The number of hydrogen-bond acceptors (Lipinski definition) is 1. The molecule has 1 aliphatic rings. The van der Waals surface area contributed by atoms with Gasteiger partial charge in [0.2, 0.25) is 0 Å². The summed E-state index contributed by atoms with van der Waals surface area (Å²) in [6.07, 6.45) is 8.99. The molecule has 0 heterocycles. The minimum atomic E-state index is 1.14. The molecule has 0 spiro atoms. The van der Waals surface area contributed by atoms with Crippen LogP contribution in [-0.2, 0) is 4.74 Å². The second-order valence-electron chi connectivity index (χ2n) is 2.38. The van der Waals surface area contributed by atoms with Gasteiger partial charge in [-0.05, 0) is 25.7 Å². The zero-order chi connectivity index (χ0) is 6.53. The lowest BCUT2D eigenvalue weighted by Crippen LogP contribution is -2.04. The van der Waals surface area contributed by atoms with Gasteiger partial charge in [-0.1, -0.05) is 13.0 Å². The zero-order valence-electron chi connectivity index (χ0n) is 5.73. The zero-order valence-corrected chi connectivity index (χ0v) is 5.73. The van der Waals surface area contributed by atoms with Crippen molar-refractivity contribution in [1.29, 1.82) is 0 Å². The van der Waals surface area contributed by atoms with Gasteiger partial charge < -0.3 is 4.74 Å². The summed E-state index contributed by atoms with van der Waals surface area (Å²) in [6, 6.07) is 0. The van der Waals surface area contributed by atoms with Crippen molar-refractivity contribution in [2.24, 2.45) is 0 Å². The van der Waals surface area contributed by atoms with Gasteiger partial charge in [0, 0.05) is 0 Å². The summed E-state index contributed by atoms with van der Waals surface area (Å²) in [4.78, 5) is 0. The molecule has 1 heteroatoms. The molecule has 0 unspecified atom stereocenters. The van der Waals surface area contributed by atoms with E-state index >= 15 is 0 Å². The molecule has 1 rings (SSSR count). The number of ether oxygens (including phenoxy) is 1. The monoisotopic (exact) mass is 125 g/mol. The van der Waals surface area contributed by atoms with Crippen molar-refractivity contribution in [2.45, 2.75) is 32.1 Å². The fourth-order valence-corrected chi connectivity index (χ4v) is 1.18. The highest BCUT2D eigenvalue weighted by Gasteiger charge is 2.13. The third-order valence-electron chi connectivity index (χ3n) is 1.66. The first-order valence-electron chi connectivity index (χ1n) is 3.56. The highest BCUT2D eigenvalue weighted by Crippen LogP contribution is 2.26. The van der Waals surface area contributed by atoms with Crippen LogP contribution in [0.4, 0.5) is 0 Å². The predicted octanol–water partition coefficient (Wildman–Crippen LogP) is 2.64. The van der Waals surface area contributed by atoms with Gasteiger partial charge in [0.25, 0.3) is 0 Å². The second-order valence-corrected chi connectivity index (χ2v) is 2.38. The molecule has 0 aromatic heterocycles. The summed E-state index contributed by atoms with van der Waals surface area (Å²) in [5.41, 5.74) is 0. The molecule has 0 aliphatic heterocycles. The Morgan fingerprint density at radius 2 is 1.89 bits per heavy atom. The summed E-state index contributed by atoms with van der Waals surface area (Å²) < 4.78 is 5.16. The van der Waals surface area contributed by atoms with E-state index in [1.165, 1.54) is 31.6 Å². The molecule has 1 saturated carbocycles. The fourth-order valence-electron chi connectivity index (χ4n) is 1.18. The van der Waals surface area contributed by atoms with Crippen LogP contribution in [0.3, 0.4) is 0 Å². The molecule has 0 atom stereocenters. The molecule has 1 fully saturated rings. The summed E-state index contributed by atoms with van der Waals surface area (Å²) in [6.45, 7) is 3.51. The van der Waals surface area contributed by atoms with Crippen LogP contribution in [0.25, 0.3) is 0 Å². The standard InChI is InChI=1S/C8H13O/c1-2-9-8-6-4-3-5-7-8/h2H,1,3-7H2. The van der Waals surface area contributed by atoms with Crippen LogP contribution in [0.2, 0.25) is 0 Å². The molecule has 0 aromatic rings. The van der Waals surface area contributed by atoms with E-state index in [2.05, 4.69) is 6.58 Å². The SMILES string of the molecule is C=CO[C]1CCCCC1. The smallest absolute Gasteiger partial charge is 0.147 e.